The molecule has 0 aliphatic carbocycles. The highest BCUT2D eigenvalue weighted by atomic mass is 16.1. The predicted octanol–water partition coefficient (Wildman–Crippen LogP) is 0.371. The molecule has 0 heterocycles. The summed E-state index contributed by atoms with van der Waals surface area (Å²) in [6.45, 7) is 5.08. The second-order valence-electron chi connectivity index (χ2n) is 3.08. The first-order chi connectivity index (χ1) is 6.18. The summed E-state index contributed by atoms with van der Waals surface area (Å²) in [7, 11) is 1.89. The minimum absolute atomic E-state index is 0.0408. The lowest BCUT2D eigenvalue weighted by molar-refractivity contribution is -0.123. The lowest BCUT2D eigenvalue weighted by Crippen LogP contribution is -2.27. The summed E-state index contributed by atoms with van der Waals surface area (Å²) in [4.78, 5) is 11.0. The number of amides is 1. The van der Waals surface area contributed by atoms with E-state index in [4.69, 9.17) is 0 Å². The zero-order chi connectivity index (χ0) is 10.1. The van der Waals surface area contributed by atoms with Gasteiger partial charge in [0, 0.05) is 18.9 Å². The lowest BCUT2D eigenvalue weighted by atomic mass is 10.2. The molecule has 0 aromatic carbocycles. The van der Waals surface area contributed by atoms with Crippen LogP contribution in [0.5, 0.6) is 0 Å². The van der Waals surface area contributed by atoms with Gasteiger partial charge in [0.1, 0.15) is 0 Å². The Morgan fingerprint density at radius 2 is 2.08 bits per heavy atom. The fourth-order valence-corrected chi connectivity index (χ4v) is 0.674. The van der Waals surface area contributed by atoms with Crippen molar-refractivity contribution in [3.63, 3.8) is 0 Å². The summed E-state index contributed by atoms with van der Waals surface area (Å²) in [5, 5.41) is 5.72. The molecule has 13 heavy (non-hydrogen) atoms. The van der Waals surface area contributed by atoms with Gasteiger partial charge in [-0.15, -0.1) is 5.92 Å². The van der Waals surface area contributed by atoms with Crippen molar-refractivity contribution < 1.29 is 4.79 Å². The minimum Gasteiger partial charge on any atom is -0.345 e. The van der Waals surface area contributed by atoms with Crippen molar-refractivity contribution in [3.8, 4) is 11.8 Å². The second-order valence-corrected chi connectivity index (χ2v) is 3.08. The number of hydrogen-bond acceptors (Lipinski definition) is 2. The molecule has 0 saturated heterocycles. The molecule has 0 aliphatic rings. The van der Waals surface area contributed by atoms with E-state index in [1.165, 1.54) is 0 Å². The van der Waals surface area contributed by atoms with Gasteiger partial charge in [-0.25, -0.2) is 0 Å². The molecular formula is C10H18N2O. The highest BCUT2D eigenvalue weighted by Gasteiger charge is 2.03. The molecule has 74 valence electrons. The van der Waals surface area contributed by atoms with Crippen molar-refractivity contribution in [1.29, 1.82) is 0 Å². The van der Waals surface area contributed by atoms with Crippen LogP contribution in [0.1, 0.15) is 20.3 Å². The van der Waals surface area contributed by atoms with E-state index in [0.29, 0.717) is 6.54 Å². The van der Waals surface area contributed by atoms with E-state index < -0.39 is 0 Å². The van der Waals surface area contributed by atoms with Crippen molar-refractivity contribution in [3.05, 3.63) is 0 Å². The lowest BCUT2D eigenvalue weighted by Gasteiger charge is -2.02. The molecule has 1 amide bonds. The Balaban J connectivity index is 3.42. The van der Waals surface area contributed by atoms with Crippen molar-refractivity contribution >= 4 is 5.91 Å². The largest absolute Gasteiger partial charge is 0.345 e. The van der Waals surface area contributed by atoms with Crippen LogP contribution in [0.3, 0.4) is 0 Å². The Hall–Kier alpha value is -1.01. The molecule has 0 rings (SSSR count). The molecule has 0 unspecified atom stereocenters. The van der Waals surface area contributed by atoms with Crippen LogP contribution in [0.4, 0.5) is 0 Å². The average Bonchev–Trinajstić information content (AvgIpc) is 2.10. The molecule has 0 saturated carbocycles. The standard InChI is InChI=1S/C10H18N2O/c1-9(2)10(13)12-8-6-4-5-7-11-3/h9,11H,5,7-8H2,1-3H3,(H,12,13). The third-order valence-corrected chi connectivity index (χ3v) is 1.50. The summed E-state index contributed by atoms with van der Waals surface area (Å²) < 4.78 is 0. The van der Waals surface area contributed by atoms with Gasteiger partial charge in [-0.1, -0.05) is 19.8 Å². The molecule has 0 fully saturated rings. The van der Waals surface area contributed by atoms with Gasteiger partial charge in [0.15, 0.2) is 0 Å². The van der Waals surface area contributed by atoms with E-state index in [-0.39, 0.29) is 11.8 Å². The van der Waals surface area contributed by atoms with Crippen LogP contribution in [0.15, 0.2) is 0 Å². The van der Waals surface area contributed by atoms with E-state index in [2.05, 4.69) is 22.5 Å². The number of nitrogens with one attached hydrogen (secondary N) is 2. The Morgan fingerprint density at radius 1 is 1.38 bits per heavy atom. The van der Waals surface area contributed by atoms with Gasteiger partial charge in [-0.2, -0.15) is 0 Å². The van der Waals surface area contributed by atoms with Crippen LogP contribution in [0, 0.1) is 17.8 Å². The third kappa shape index (κ3) is 7.35. The van der Waals surface area contributed by atoms with E-state index >= 15 is 0 Å². The Bertz CT molecular complexity index is 201. The van der Waals surface area contributed by atoms with E-state index in [9.17, 15) is 4.79 Å². The summed E-state index contributed by atoms with van der Waals surface area (Å²) in [6, 6.07) is 0. The van der Waals surface area contributed by atoms with Gasteiger partial charge in [-0.3, -0.25) is 4.79 Å². The first kappa shape index (κ1) is 12.0. The maximum atomic E-state index is 11.0. The summed E-state index contributed by atoms with van der Waals surface area (Å²) in [6.07, 6.45) is 0.827. The molecule has 0 aromatic rings. The molecule has 2 N–H and O–H groups in total. The van der Waals surface area contributed by atoms with Gasteiger partial charge in [0.2, 0.25) is 5.91 Å². The van der Waals surface area contributed by atoms with Crippen molar-refractivity contribution in [1.82, 2.24) is 10.6 Å². The Labute approximate surface area is 80.3 Å². The predicted molar refractivity (Wildman–Crippen MR) is 54.2 cm³/mol. The van der Waals surface area contributed by atoms with E-state index in [1.807, 2.05) is 20.9 Å². The fraction of sp³-hybridized carbons (Fsp3) is 0.700. The molecule has 0 spiro atoms. The van der Waals surface area contributed by atoms with E-state index in [0.717, 1.165) is 13.0 Å². The van der Waals surface area contributed by atoms with Gasteiger partial charge < -0.3 is 10.6 Å². The SMILES string of the molecule is CNCCC#CCNC(=O)C(C)C. The smallest absolute Gasteiger partial charge is 0.223 e. The van der Waals surface area contributed by atoms with Crippen LogP contribution in [0.2, 0.25) is 0 Å². The van der Waals surface area contributed by atoms with Crippen molar-refractivity contribution in [2.45, 2.75) is 20.3 Å². The van der Waals surface area contributed by atoms with Crippen LogP contribution in [-0.4, -0.2) is 26.0 Å². The molecule has 0 radical (unpaired) electrons. The molecule has 3 heteroatoms. The Morgan fingerprint density at radius 3 is 2.62 bits per heavy atom. The van der Waals surface area contributed by atoms with Gasteiger partial charge in [0.25, 0.3) is 0 Å². The molecule has 0 aliphatic heterocycles. The number of carbonyl (C=O) groups excluding carboxylic acids is 1. The van der Waals surface area contributed by atoms with Gasteiger partial charge in [-0.05, 0) is 7.05 Å². The fourth-order valence-electron chi connectivity index (χ4n) is 0.674. The number of hydrogen-bond donors (Lipinski definition) is 2. The zero-order valence-electron chi connectivity index (χ0n) is 8.61. The van der Waals surface area contributed by atoms with Crippen LogP contribution < -0.4 is 10.6 Å². The normalized spacial score (nSPS) is 9.23. The highest BCUT2D eigenvalue weighted by molar-refractivity contribution is 5.78. The molecule has 0 atom stereocenters. The first-order valence-corrected chi connectivity index (χ1v) is 4.56. The number of rotatable bonds is 4. The quantitative estimate of drug-likeness (QED) is 0.487. The monoisotopic (exact) mass is 182 g/mol. The number of carbonyl (C=O) groups is 1. The molecular weight excluding hydrogens is 164 g/mol. The summed E-state index contributed by atoms with van der Waals surface area (Å²) in [5.74, 6) is 5.94. The van der Waals surface area contributed by atoms with Gasteiger partial charge in [0.05, 0.1) is 6.54 Å². The van der Waals surface area contributed by atoms with Crippen molar-refractivity contribution in [2.24, 2.45) is 5.92 Å². The Kier molecular flexibility index (Phi) is 7.04. The van der Waals surface area contributed by atoms with Gasteiger partial charge >= 0.3 is 0 Å². The first-order valence-electron chi connectivity index (χ1n) is 4.56. The maximum Gasteiger partial charge on any atom is 0.223 e. The molecule has 0 bridgehead atoms. The molecule has 3 nitrogen and oxygen atoms in total. The van der Waals surface area contributed by atoms with Crippen LogP contribution in [0.25, 0.3) is 0 Å². The summed E-state index contributed by atoms with van der Waals surface area (Å²) in [5.41, 5.74) is 0. The van der Waals surface area contributed by atoms with Crippen molar-refractivity contribution in [2.75, 3.05) is 20.1 Å². The molecule has 0 aromatic heterocycles. The van der Waals surface area contributed by atoms with Crippen LogP contribution >= 0.6 is 0 Å². The topological polar surface area (TPSA) is 41.1 Å². The summed E-state index contributed by atoms with van der Waals surface area (Å²) >= 11 is 0. The average molecular weight is 182 g/mol. The minimum atomic E-state index is 0.0408. The third-order valence-electron chi connectivity index (χ3n) is 1.50. The van der Waals surface area contributed by atoms with Crippen LogP contribution in [-0.2, 0) is 4.79 Å². The maximum absolute atomic E-state index is 11.0. The second kappa shape index (κ2) is 7.63. The van der Waals surface area contributed by atoms with E-state index in [1.54, 1.807) is 0 Å². The zero-order valence-corrected chi connectivity index (χ0v) is 8.61. The highest BCUT2D eigenvalue weighted by Crippen LogP contribution is 1.88.